The van der Waals surface area contributed by atoms with Crippen molar-refractivity contribution in [3.63, 3.8) is 0 Å². The van der Waals surface area contributed by atoms with Crippen LogP contribution in [0, 0.1) is 17.8 Å². The SMILES string of the molecule is NC(=NC[C@@H]1C[C@H]1C1CCC1)NC1CC1. The van der Waals surface area contributed by atoms with Crippen molar-refractivity contribution in [2.24, 2.45) is 28.5 Å². The lowest BCUT2D eigenvalue weighted by Gasteiger charge is -2.25. The van der Waals surface area contributed by atoms with Gasteiger partial charge in [-0.15, -0.1) is 0 Å². The largest absolute Gasteiger partial charge is 0.370 e. The topological polar surface area (TPSA) is 50.4 Å². The molecule has 0 aromatic heterocycles. The van der Waals surface area contributed by atoms with Crippen LogP contribution in [-0.2, 0) is 0 Å². The Morgan fingerprint density at radius 3 is 2.67 bits per heavy atom. The predicted molar refractivity (Wildman–Crippen MR) is 61.6 cm³/mol. The molecule has 0 radical (unpaired) electrons. The van der Waals surface area contributed by atoms with E-state index in [4.69, 9.17) is 5.73 Å². The van der Waals surface area contributed by atoms with Crippen LogP contribution in [0.4, 0.5) is 0 Å². The highest BCUT2D eigenvalue weighted by molar-refractivity contribution is 5.78. The zero-order valence-electron chi connectivity index (χ0n) is 9.28. The lowest BCUT2D eigenvalue weighted by Crippen LogP contribution is -2.33. The van der Waals surface area contributed by atoms with Crippen LogP contribution in [0.5, 0.6) is 0 Å². The third-order valence-electron chi connectivity index (χ3n) is 4.16. The Morgan fingerprint density at radius 2 is 2.07 bits per heavy atom. The van der Waals surface area contributed by atoms with Gasteiger partial charge in [0.15, 0.2) is 5.96 Å². The predicted octanol–water partition coefficient (Wildman–Crippen LogP) is 1.49. The maximum absolute atomic E-state index is 5.80. The highest BCUT2D eigenvalue weighted by Crippen LogP contribution is 2.51. The molecule has 3 rings (SSSR count). The molecule has 84 valence electrons. The van der Waals surface area contributed by atoms with Crippen LogP contribution in [0.1, 0.15) is 38.5 Å². The van der Waals surface area contributed by atoms with E-state index in [1.165, 1.54) is 38.5 Å². The van der Waals surface area contributed by atoms with Gasteiger partial charge in [-0.2, -0.15) is 0 Å². The molecule has 3 N–H and O–H groups in total. The van der Waals surface area contributed by atoms with Gasteiger partial charge < -0.3 is 11.1 Å². The molecule has 2 atom stereocenters. The summed E-state index contributed by atoms with van der Waals surface area (Å²) in [6.45, 7) is 0.965. The van der Waals surface area contributed by atoms with Crippen molar-refractivity contribution in [3.05, 3.63) is 0 Å². The Morgan fingerprint density at radius 1 is 1.27 bits per heavy atom. The molecule has 0 spiro atoms. The number of aliphatic imine (C=N–C) groups is 1. The Labute approximate surface area is 91.5 Å². The fourth-order valence-electron chi connectivity index (χ4n) is 2.62. The van der Waals surface area contributed by atoms with E-state index in [-0.39, 0.29) is 0 Å². The molecular weight excluding hydrogens is 186 g/mol. The third kappa shape index (κ3) is 2.27. The summed E-state index contributed by atoms with van der Waals surface area (Å²) in [5.74, 6) is 3.57. The molecule has 3 fully saturated rings. The van der Waals surface area contributed by atoms with E-state index in [0.29, 0.717) is 12.0 Å². The fourth-order valence-corrected chi connectivity index (χ4v) is 2.62. The van der Waals surface area contributed by atoms with Crippen LogP contribution in [0.15, 0.2) is 4.99 Å². The maximum Gasteiger partial charge on any atom is 0.188 e. The van der Waals surface area contributed by atoms with E-state index in [1.54, 1.807) is 0 Å². The molecule has 3 aliphatic rings. The molecule has 3 heteroatoms. The van der Waals surface area contributed by atoms with Crippen molar-refractivity contribution < 1.29 is 0 Å². The Kier molecular flexibility index (Phi) is 2.33. The lowest BCUT2D eigenvalue weighted by atomic mass is 9.81. The second kappa shape index (κ2) is 3.69. The molecule has 15 heavy (non-hydrogen) atoms. The highest BCUT2D eigenvalue weighted by atomic mass is 15.1. The summed E-state index contributed by atoms with van der Waals surface area (Å²) >= 11 is 0. The van der Waals surface area contributed by atoms with Gasteiger partial charge in [0, 0.05) is 12.6 Å². The summed E-state index contributed by atoms with van der Waals surface area (Å²) in [6.07, 6.45) is 8.35. The molecular formula is C12H21N3. The van der Waals surface area contributed by atoms with Crippen molar-refractivity contribution in [3.8, 4) is 0 Å². The number of hydrogen-bond acceptors (Lipinski definition) is 1. The summed E-state index contributed by atoms with van der Waals surface area (Å²) in [7, 11) is 0. The smallest absolute Gasteiger partial charge is 0.188 e. The average Bonchev–Trinajstić information content (AvgIpc) is 2.95. The van der Waals surface area contributed by atoms with Gasteiger partial charge in [-0.3, -0.25) is 4.99 Å². The average molecular weight is 207 g/mol. The van der Waals surface area contributed by atoms with Gasteiger partial charge in [-0.05, 0) is 37.0 Å². The zero-order valence-corrected chi connectivity index (χ0v) is 9.28. The van der Waals surface area contributed by atoms with E-state index in [1.807, 2.05) is 0 Å². The van der Waals surface area contributed by atoms with Gasteiger partial charge in [0.25, 0.3) is 0 Å². The standard InChI is InChI=1S/C12H21N3/c13-12(15-10-4-5-10)14-7-9-6-11(9)8-2-1-3-8/h8-11H,1-7H2,(H3,13,14,15)/t9-,11-/m0/s1. The summed E-state index contributed by atoms with van der Waals surface area (Å²) in [4.78, 5) is 4.44. The summed E-state index contributed by atoms with van der Waals surface area (Å²) in [5.41, 5.74) is 5.80. The van der Waals surface area contributed by atoms with Crippen LogP contribution in [0.2, 0.25) is 0 Å². The number of nitrogens with zero attached hydrogens (tertiary/aromatic N) is 1. The van der Waals surface area contributed by atoms with Crippen molar-refractivity contribution in [2.45, 2.75) is 44.6 Å². The minimum Gasteiger partial charge on any atom is -0.370 e. The Bertz CT molecular complexity index is 266. The zero-order chi connectivity index (χ0) is 10.3. The van der Waals surface area contributed by atoms with Crippen LogP contribution < -0.4 is 11.1 Å². The first kappa shape index (κ1) is 9.49. The first-order valence-electron chi connectivity index (χ1n) is 6.39. The van der Waals surface area contributed by atoms with E-state index in [0.717, 1.165) is 24.3 Å². The van der Waals surface area contributed by atoms with Crippen LogP contribution >= 0.6 is 0 Å². The quantitative estimate of drug-likeness (QED) is 0.542. The van der Waals surface area contributed by atoms with E-state index < -0.39 is 0 Å². The van der Waals surface area contributed by atoms with Crippen molar-refractivity contribution in [2.75, 3.05) is 6.54 Å². The van der Waals surface area contributed by atoms with Crippen LogP contribution in [0.25, 0.3) is 0 Å². The number of nitrogens with two attached hydrogens (primary N) is 1. The van der Waals surface area contributed by atoms with E-state index >= 15 is 0 Å². The molecule has 0 bridgehead atoms. The minimum atomic E-state index is 0.635. The molecule has 0 aromatic carbocycles. The molecule has 3 nitrogen and oxygen atoms in total. The van der Waals surface area contributed by atoms with Crippen LogP contribution in [0.3, 0.4) is 0 Å². The molecule has 0 aliphatic heterocycles. The molecule has 0 amide bonds. The lowest BCUT2D eigenvalue weighted by molar-refractivity contribution is 0.266. The van der Waals surface area contributed by atoms with Crippen LogP contribution in [-0.4, -0.2) is 18.5 Å². The number of nitrogens with one attached hydrogen (secondary N) is 1. The summed E-state index contributed by atoms with van der Waals surface area (Å²) in [6, 6.07) is 0.635. The van der Waals surface area contributed by atoms with Crippen molar-refractivity contribution >= 4 is 5.96 Å². The third-order valence-corrected chi connectivity index (χ3v) is 4.16. The number of rotatable bonds is 4. The van der Waals surface area contributed by atoms with Gasteiger partial charge in [0.2, 0.25) is 0 Å². The molecule has 0 aromatic rings. The van der Waals surface area contributed by atoms with E-state index in [2.05, 4.69) is 10.3 Å². The highest BCUT2D eigenvalue weighted by Gasteiger charge is 2.44. The van der Waals surface area contributed by atoms with Gasteiger partial charge in [-0.1, -0.05) is 19.3 Å². The maximum atomic E-state index is 5.80. The molecule has 0 unspecified atom stereocenters. The second-order valence-electron chi connectivity index (χ2n) is 5.50. The second-order valence-corrected chi connectivity index (χ2v) is 5.50. The summed E-state index contributed by atoms with van der Waals surface area (Å²) in [5, 5.41) is 3.24. The molecule has 0 saturated heterocycles. The Balaban J connectivity index is 1.38. The normalized spacial score (nSPS) is 36.1. The number of guanidine groups is 1. The van der Waals surface area contributed by atoms with Gasteiger partial charge >= 0.3 is 0 Å². The van der Waals surface area contributed by atoms with Crippen molar-refractivity contribution in [1.82, 2.24) is 5.32 Å². The minimum absolute atomic E-state index is 0.635. The summed E-state index contributed by atoms with van der Waals surface area (Å²) < 4.78 is 0. The van der Waals surface area contributed by atoms with Gasteiger partial charge in [-0.25, -0.2) is 0 Å². The van der Waals surface area contributed by atoms with Gasteiger partial charge in [0.1, 0.15) is 0 Å². The van der Waals surface area contributed by atoms with Crippen molar-refractivity contribution in [1.29, 1.82) is 0 Å². The van der Waals surface area contributed by atoms with Gasteiger partial charge in [0.05, 0.1) is 0 Å². The number of hydrogen-bond donors (Lipinski definition) is 2. The molecule has 3 saturated carbocycles. The monoisotopic (exact) mass is 207 g/mol. The van der Waals surface area contributed by atoms with E-state index in [9.17, 15) is 0 Å². The molecule has 0 heterocycles. The first-order valence-corrected chi connectivity index (χ1v) is 6.39. The molecule has 3 aliphatic carbocycles. The Hall–Kier alpha value is -0.730. The first-order chi connectivity index (χ1) is 7.33. The fraction of sp³-hybridized carbons (Fsp3) is 0.917.